The molecule has 18 heavy (non-hydrogen) atoms. The largest absolute Gasteiger partial charge is 0.455 e. The first kappa shape index (κ1) is 12.9. The lowest BCUT2D eigenvalue weighted by Crippen LogP contribution is -2.33. The third-order valence-electron chi connectivity index (χ3n) is 2.59. The molecule has 2 rings (SSSR count). The third-order valence-corrected chi connectivity index (χ3v) is 3.32. The van der Waals surface area contributed by atoms with Crippen molar-refractivity contribution in [2.24, 2.45) is 5.73 Å². The van der Waals surface area contributed by atoms with Crippen molar-refractivity contribution >= 4 is 17.2 Å². The van der Waals surface area contributed by atoms with Gasteiger partial charge in [0.15, 0.2) is 5.76 Å². The molecule has 0 radical (unpaired) electrons. The van der Waals surface area contributed by atoms with Crippen LogP contribution in [0.2, 0.25) is 0 Å². The Bertz CT molecular complexity index is 505. The van der Waals surface area contributed by atoms with Crippen LogP contribution in [0.25, 0.3) is 0 Å². The van der Waals surface area contributed by atoms with Crippen molar-refractivity contribution in [1.82, 2.24) is 5.32 Å². The minimum Gasteiger partial charge on any atom is -0.455 e. The van der Waals surface area contributed by atoms with Crippen LogP contribution >= 0.6 is 11.3 Å². The van der Waals surface area contributed by atoms with Gasteiger partial charge in [-0.2, -0.15) is 11.3 Å². The van der Waals surface area contributed by atoms with Crippen LogP contribution in [-0.4, -0.2) is 11.9 Å². The number of hydrogen-bond donors (Lipinski definition) is 2. The molecule has 3 N–H and O–H groups in total. The number of nitrogens with two attached hydrogens (primary N) is 1. The maximum Gasteiger partial charge on any atom is 0.287 e. The van der Waals surface area contributed by atoms with Gasteiger partial charge in [-0.1, -0.05) is 0 Å². The van der Waals surface area contributed by atoms with Crippen molar-refractivity contribution in [3.05, 3.63) is 46.0 Å². The zero-order chi connectivity index (χ0) is 13.0. The highest BCUT2D eigenvalue weighted by Crippen LogP contribution is 2.10. The molecule has 1 unspecified atom stereocenters. The van der Waals surface area contributed by atoms with Gasteiger partial charge in [0.05, 0.1) is 6.54 Å². The highest BCUT2D eigenvalue weighted by Gasteiger charge is 2.13. The van der Waals surface area contributed by atoms with Gasteiger partial charge in [0.2, 0.25) is 0 Å². The highest BCUT2D eigenvalue weighted by atomic mass is 32.1. The molecular formula is C13H16N2O2S. The number of amides is 1. The topological polar surface area (TPSA) is 68.3 Å². The predicted molar refractivity (Wildman–Crippen MR) is 71.6 cm³/mol. The lowest BCUT2D eigenvalue weighted by Gasteiger charge is -2.11. The minimum atomic E-state index is -0.197. The number of furan rings is 1. The summed E-state index contributed by atoms with van der Waals surface area (Å²) in [5.74, 6) is 0.732. The maximum absolute atomic E-state index is 11.9. The molecule has 0 bridgehead atoms. The van der Waals surface area contributed by atoms with E-state index in [9.17, 15) is 4.79 Å². The number of rotatable bonds is 5. The van der Waals surface area contributed by atoms with Gasteiger partial charge in [-0.25, -0.2) is 0 Å². The Hall–Kier alpha value is -1.59. The van der Waals surface area contributed by atoms with Gasteiger partial charge >= 0.3 is 0 Å². The number of carbonyl (C=O) groups excluding carboxylic acids is 1. The molecule has 0 fully saturated rings. The Kier molecular flexibility index (Phi) is 4.17. The molecule has 1 atom stereocenters. The fourth-order valence-electron chi connectivity index (χ4n) is 1.72. The quantitative estimate of drug-likeness (QED) is 0.869. The van der Waals surface area contributed by atoms with Crippen LogP contribution < -0.4 is 11.1 Å². The molecule has 0 saturated heterocycles. The van der Waals surface area contributed by atoms with Crippen LogP contribution in [0.5, 0.6) is 0 Å². The number of hydrogen-bond acceptors (Lipinski definition) is 4. The van der Waals surface area contributed by atoms with E-state index in [2.05, 4.69) is 16.8 Å². The number of nitrogens with one attached hydrogen (secondary N) is 1. The lowest BCUT2D eigenvalue weighted by atomic mass is 10.1. The van der Waals surface area contributed by atoms with Crippen molar-refractivity contribution in [3.8, 4) is 0 Å². The Morgan fingerprint density at radius 2 is 2.33 bits per heavy atom. The second-order valence-electron chi connectivity index (χ2n) is 4.18. The van der Waals surface area contributed by atoms with E-state index in [0.29, 0.717) is 18.1 Å². The van der Waals surface area contributed by atoms with E-state index >= 15 is 0 Å². The fraction of sp³-hybridized carbons (Fsp3) is 0.308. The second-order valence-corrected chi connectivity index (χ2v) is 4.96. The second kappa shape index (κ2) is 5.84. The first-order valence-corrected chi connectivity index (χ1v) is 6.74. The van der Waals surface area contributed by atoms with Crippen LogP contribution in [0.15, 0.2) is 33.4 Å². The van der Waals surface area contributed by atoms with Gasteiger partial charge < -0.3 is 15.5 Å². The molecule has 2 heterocycles. The minimum absolute atomic E-state index is 0.0681. The molecular weight excluding hydrogens is 248 g/mol. The van der Waals surface area contributed by atoms with Crippen LogP contribution in [0.3, 0.4) is 0 Å². The predicted octanol–water partition coefficient (Wildman–Crippen LogP) is 2.16. The van der Waals surface area contributed by atoms with Gasteiger partial charge in [0, 0.05) is 6.04 Å². The van der Waals surface area contributed by atoms with Crippen LogP contribution in [-0.2, 0) is 13.0 Å². The molecule has 96 valence electrons. The molecule has 0 saturated carbocycles. The standard InChI is InChI=1S/C13H16N2O2S/c1-9(6-10-4-5-18-8-10)15-13(16)12-3-2-11(7-14)17-12/h2-5,8-9H,6-7,14H2,1H3,(H,15,16). The smallest absolute Gasteiger partial charge is 0.287 e. The summed E-state index contributed by atoms with van der Waals surface area (Å²) in [5, 5.41) is 7.02. The average Bonchev–Trinajstić information content (AvgIpc) is 2.98. The van der Waals surface area contributed by atoms with Crippen molar-refractivity contribution in [3.63, 3.8) is 0 Å². The molecule has 4 nitrogen and oxygen atoms in total. The molecule has 0 spiro atoms. The van der Waals surface area contributed by atoms with Crippen molar-refractivity contribution < 1.29 is 9.21 Å². The molecule has 0 aliphatic heterocycles. The molecule has 2 aromatic rings. The van der Waals surface area contributed by atoms with E-state index < -0.39 is 0 Å². The van der Waals surface area contributed by atoms with E-state index in [0.717, 1.165) is 6.42 Å². The lowest BCUT2D eigenvalue weighted by molar-refractivity contribution is 0.0910. The molecule has 0 aromatic carbocycles. The fourth-order valence-corrected chi connectivity index (χ4v) is 2.40. The van der Waals surface area contributed by atoms with E-state index in [4.69, 9.17) is 10.2 Å². The van der Waals surface area contributed by atoms with Crippen LogP contribution in [0.4, 0.5) is 0 Å². The van der Waals surface area contributed by atoms with Crippen LogP contribution in [0.1, 0.15) is 28.8 Å². The number of carbonyl (C=O) groups is 1. The summed E-state index contributed by atoms with van der Waals surface area (Å²) in [5.41, 5.74) is 6.66. The summed E-state index contributed by atoms with van der Waals surface area (Å²) in [4.78, 5) is 11.9. The molecule has 0 aliphatic rings. The SMILES string of the molecule is CC(Cc1ccsc1)NC(=O)c1ccc(CN)o1. The van der Waals surface area contributed by atoms with E-state index in [1.54, 1.807) is 23.5 Å². The molecule has 2 aromatic heterocycles. The summed E-state index contributed by atoms with van der Waals surface area (Å²) in [6.45, 7) is 2.28. The summed E-state index contributed by atoms with van der Waals surface area (Å²) >= 11 is 1.66. The van der Waals surface area contributed by atoms with E-state index in [1.807, 2.05) is 12.3 Å². The Morgan fingerprint density at radius 1 is 1.50 bits per heavy atom. The first-order valence-electron chi connectivity index (χ1n) is 5.79. The van der Waals surface area contributed by atoms with Gasteiger partial charge in [0.25, 0.3) is 5.91 Å². The molecule has 5 heteroatoms. The Morgan fingerprint density at radius 3 is 2.94 bits per heavy atom. The normalized spacial score (nSPS) is 12.3. The Balaban J connectivity index is 1.90. The summed E-state index contributed by atoms with van der Waals surface area (Å²) in [7, 11) is 0. The monoisotopic (exact) mass is 264 g/mol. The Labute approximate surface area is 110 Å². The summed E-state index contributed by atoms with van der Waals surface area (Å²) < 4.78 is 5.30. The maximum atomic E-state index is 11.9. The van der Waals surface area contributed by atoms with Gasteiger partial charge in [-0.3, -0.25) is 4.79 Å². The summed E-state index contributed by atoms with van der Waals surface area (Å²) in [6.07, 6.45) is 0.819. The molecule has 1 amide bonds. The number of thiophene rings is 1. The van der Waals surface area contributed by atoms with Crippen LogP contribution in [0, 0.1) is 0 Å². The van der Waals surface area contributed by atoms with Crippen molar-refractivity contribution in [2.45, 2.75) is 25.9 Å². The van der Waals surface area contributed by atoms with Crippen molar-refractivity contribution in [1.29, 1.82) is 0 Å². The highest BCUT2D eigenvalue weighted by molar-refractivity contribution is 7.07. The summed E-state index contributed by atoms with van der Waals surface area (Å²) in [6, 6.07) is 5.50. The van der Waals surface area contributed by atoms with Crippen molar-refractivity contribution in [2.75, 3.05) is 0 Å². The average molecular weight is 264 g/mol. The molecule has 0 aliphatic carbocycles. The van der Waals surface area contributed by atoms with Gasteiger partial charge in [-0.05, 0) is 47.9 Å². The zero-order valence-electron chi connectivity index (χ0n) is 10.2. The van der Waals surface area contributed by atoms with E-state index in [1.165, 1.54) is 5.56 Å². The first-order chi connectivity index (χ1) is 8.69. The van der Waals surface area contributed by atoms with Gasteiger partial charge in [0.1, 0.15) is 5.76 Å². The van der Waals surface area contributed by atoms with Gasteiger partial charge in [-0.15, -0.1) is 0 Å². The van der Waals surface area contributed by atoms with E-state index in [-0.39, 0.29) is 11.9 Å². The third kappa shape index (κ3) is 3.21. The zero-order valence-corrected chi connectivity index (χ0v) is 11.0.